The van der Waals surface area contributed by atoms with Crippen LogP contribution in [0.2, 0.25) is 0 Å². The minimum atomic E-state index is -1.78. The van der Waals surface area contributed by atoms with Crippen molar-refractivity contribution in [2.45, 2.75) is 12.5 Å². The van der Waals surface area contributed by atoms with Gasteiger partial charge in [-0.25, -0.2) is 0 Å². The third-order valence-electron chi connectivity index (χ3n) is 3.99. The van der Waals surface area contributed by atoms with Gasteiger partial charge in [0.15, 0.2) is 5.76 Å². The Morgan fingerprint density at radius 3 is 2.76 bits per heavy atom. The van der Waals surface area contributed by atoms with Crippen LogP contribution in [0.5, 0.6) is 0 Å². The molecule has 104 valence electrons. The number of aliphatic hydroxyl groups is 1. The van der Waals surface area contributed by atoms with Crippen LogP contribution in [0.3, 0.4) is 0 Å². The van der Waals surface area contributed by atoms with Crippen molar-refractivity contribution in [2.75, 3.05) is 5.32 Å². The van der Waals surface area contributed by atoms with Crippen molar-refractivity contribution >= 4 is 22.6 Å². The van der Waals surface area contributed by atoms with Crippen LogP contribution in [0.4, 0.5) is 5.69 Å². The first-order chi connectivity index (χ1) is 10.1. The fourth-order valence-corrected chi connectivity index (χ4v) is 2.87. The number of aryl methyl sites for hydroxylation is 1. The summed E-state index contributed by atoms with van der Waals surface area (Å²) in [5.74, 6) is -0.241. The Morgan fingerprint density at radius 1 is 1.14 bits per heavy atom. The summed E-state index contributed by atoms with van der Waals surface area (Å²) in [5.41, 5.74) is 1.02. The largest absolute Gasteiger partial charge is 0.457 e. The van der Waals surface area contributed by atoms with E-state index in [-0.39, 0.29) is 5.76 Å². The van der Waals surface area contributed by atoms with Crippen molar-refractivity contribution in [1.29, 1.82) is 0 Å². The van der Waals surface area contributed by atoms with E-state index >= 15 is 0 Å². The first-order valence-corrected chi connectivity index (χ1v) is 6.73. The maximum Gasteiger partial charge on any atom is 0.269 e. The van der Waals surface area contributed by atoms with Gasteiger partial charge < -0.3 is 14.8 Å². The van der Waals surface area contributed by atoms with Crippen LogP contribution in [0.25, 0.3) is 11.0 Å². The minimum Gasteiger partial charge on any atom is -0.457 e. The molecule has 0 radical (unpaired) electrons. The van der Waals surface area contributed by atoms with Gasteiger partial charge >= 0.3 is 0 Å². The van der Waals surface area contributed by atoms with Crippen LogP contribution in [-0.4, -0.2) is 11.0 Å². The molecule has 1 aliphatic heterocycles. The summed E-state index contributed by atoms with van der Waals surface area (Å²) in [4.78, 5) is 12.3. The van der Waals surface area contributed by atoms with Crippen molar-refractivity contribution in [3.8, 4) is 0 Å². The Kier molecular flexibility index (Phi) is 2.30. The van der Waals surface area contributed by atoms with E-state index in [1.54, 1.807) is 24.3 Å². The number of amides is 1. The lowest BCUT2D eigenvalue weighted by atomic mass is 9.92. The highest BCUT2D eigenvalue weighted by Gasteiger charge is 2.49. The molecule has 1 atom stereocenters. The molecule has 4 rings (SSSR count). The zero-order valence-corrected chi connectivity index (χ0v) is 11.4. The summed E-state index contributed by atoms with van der Waals surface area (Å²) < 4.78 is 5.80. The smallest absolute Gasteiger partial charge is 0.269 e. The average Bonchev–Trinajstić information content (AvgIpc) is 3.02. The summed E-state index contributed by atoms with van der Waals surface area (Å²) in [6.45, 7) is 1.93. The molecule has 0 saturated heterocycles. The Hall–Kier alpha value is -2.59. The Balaban J connectivity index is 1.99. The second-order valence-corrected chi connectivity index (χ2v) is 5.31. The van der Waals surface area contributed by atoms with Crippen molar-refractivity contribution in [1.82, 2.24) is 0 Å². The predicted molar refractivity (Wildman–Crippen MR) is 79.0 cm³/mol. The molecule has 1 aliphatic rings. The number of para-hydroxylation sites is 2. The number of hydrogen-bond donors (Lipinski definition) is 2. The second kappa shape index (κ2) is 3.96. The van der Waals surface area contributed by atoms with Gasteiger partial charge in [-0.2, -0.15) is 0 Å². The van der Waals surface area contributed by atoms with E-state index in [2.05, 4.69) is 5.32 Å². The zero-order chi connectivity index (χ0) is 14.6. The molecule has 0 saturated carbocycles. The molecular weight excluding hydrogens is 266 g/mol. The molecule has 4 nitrogen and oxygen atoms in total. The molecule has 0 fully saturated rings. The van der Waals surface area contributed by atoms with Gasteiger partial charge in [0.25, 0.3) is 5.91 Å². The number of hydrogen-bond acceptors (Lipinski definition) is 3. The van der Waals surface area contributed by atoms with Crippen molar-refractivity contribution < 1.29 is 14.3 Å². The number of nitrogens with one attached hydrogen (secondary N) is 1. The van der Waals surface area contributed by atoms with E-state index in [0.717, 1.165) is 10.9 Å². The van der Waals surface area contributed by atoms with Gasteiger partial charge in [-0.1, -0.05) is 36.4 Å². The van der Waals surface area contributed by atoms with Crippen LogP contribution >= 0.6 is 0 Å². The van der Waals surface area contributed by atoms with E-state index in [1.807, 2.05) is 31.2 Å². The lowest BCUT2D eigenvalue weighted by Crippen LogP contribution is -2.34. The molecule has 0 spiro atoms. The highest BCUT2D eigenvalue weighted by atomic mass is 16.4. The third-order valence-corrected chi connectivity index (χ3v) is 3.99. The van der Waals surface area contributed by atoms with Crippen molar-refractivity contribution in [2.24, 2.45) is 0 Å². The molecule has 1 amide bonds. The Morgan fingerprint density at radius 2 is 1.95 bits per heavy atom. The molecule has 1 unspecified atom stereocenters. The van der Waals surface area contributed by atoms with E-state index in [0.29, 0.717) is 16.8 Å². The highest BCUT2D eigenvalue weighted by molar-refractivity contribution is 6.07. The van der Waals surface area contributed by atoms with Gasteiger partial charge in [-0.15, -0.1) is 0 Å². The molecule has 0 bridgehead atoms. The number of anilines is 1. The summed E-state index contributed by atoms with van der Waals surface area (Å²) in [6.07, 6.45) is 0. The highest BCUT2D eigenvalue weighted by Crippen LogP contribution is 2.42. The van der Waals surface area contributed by atoms with Gasteiger partial charge in [-0.05, 0) is 24.6 Å². The number of carbonyl (C=O) groups is 1. The molecule has 3 aromatic rings. The van der Waals surface area contributed by atoms with Gasteiger partial charge in [0.2, 0.25) is 5.60 Å². The molecule has 0 aliphatic carbocycles. The SMILES string of the molecule is Cc1cccc2cc(C3(O)C(=O)Nc4ccccc43)oc12. The average molecular weight is 279 g/mol. The molecule has 4 heteroatoms. The zero-order valence-electron chi connectivity index (χ0n) is 11.4. The van der Waals surface area contributed by atoms with Gasteiger partial charge in [0, 0.05) is 16.6 Å². The van der Waals surface area contributed by atoms with Crippen LogP contribution < -0.4 is 5.32 Å². The van der Waals surface area contributed by atoms with Gasteiger partial charge in [-0.3, -0.25) is 4.79 Å². The lowest BCUT2D eigenvalue weighted by molar-refractivity contribution is -0.130. The maximum atomic E-state index is 12.3. The number of fused-ring (bicyclic) bond motifs is 2. The normalized spacial score (nSPS) is 20.6. The van der Waals surface area contributed by atoms with Crippen molar-refractivity contribution in [3.63, 3.8) is 0 Å². The molecule has 21 heavy (non-hydrogen) atoms. The second-order valence-electron chi connectivity index (χ2n) is 5.31. The monoisotopic (exact) mass is 279 g/mol. The van der Waals surface area contributed by atoms with Gasteiger partial charge in [0.1, 0.15) is 5.58 Å². The Labute approximate surface area is 121 Å². The fourth-order valence-electron chi connectivity index (χ4n) is 2.87. The molecule has 2 N–H and O–H groups in total. The molecule has 2 aromatic carbocycles. The van der Waals surface area contributed by atoms with E-state index < -0.39 is 11.5 Å². The van der Waals surface area contributed by atoms with Crippen LogP contribution in [-0.2, 0) is 10.4 Å². The van der Waals surface area contributed by atoms with Crippen LogP contribution in [0.1, 0.15) is 16.9 Å². The number of benzene rings is 2. The lowest BCUT2D eigenvalue weighted by Gasteiger charge is -2.17. The summed E-state index contributed by atoms with van der Waals surface area (Å²) in [6, 6.07) is 14.6. The topological polar surface area (TPSA) is 62.5 Å². The Bertz CT molecular complexity index is 881. The van der Waals surface area contributed by atoms with E-state index in [4.69, 9.17) is 4.42 Å². The number of rotatable bonds is 1. The standard InChI is InChI=1S/C17H13NO3/c1-10-5-4-6-11-9-14(21-15(10)11)17(20)12-7-2-3-8-13(12)18-16(17)19/h2-9,20H,1H3,(H,18,19). The van der Waals surface area contributed by atoms with Gasteiger partial charge in [0.05, 0.1) is 0 Å². The fraction of sp³-hybridized carbons (Fsp3) is 0.118. The van der Waals surface area contributed by atoms with Crippen LogP contribution in [0.15, 0.2) is 52.9 Å². The molecule has 1 aromatic heterocycles. The maximum absolute atomic E-state index is 12.3. The first-order valence-electron chi connectivity index (χ1n) is 6.73. The quantitative estimate of drug-likeness (QED) is 0.720. The summed E-state index contributed by atoms with van der Waals surface area (Å²) in [7, 11) is 0. The minimum absolute atomic E-state index is 0.245. The molecular formula is C17H13NO3. The van der Waals surface area contributed by atoms with E-state index in [9.17, 15) is 9.90 Å². The van der Waals surface area contributed by atoms with Crippen LogP contribution in [0, 0.1) is 6.92 Å². The first kappa shape index (κ1) is 12.2. The molecule has 2 heterocycles. The van der Waals surface area contributed by atoms with E-state index in [1.165, 1.54) is 0 Å². The summed E-state index contributed by atoms with van der Waals surface area (Å²) >= 11 is 0. The third kappa shape index (κ3) is 1.51. The number of carbonyl (C=O) groups excluding carboxylic acids is 1. The van der Waals surface area contributed by atoms with Crippen molar-refractivity contribution in [3.05, 3.63) is 65.4 Å². The predicted octanol–water partition coefficient (Wildman–Crippen LogP) is 2.93. The number of furan rings is 1. The summed E-state index contributed by atoms with van der Waals surface area (Å²) in [5, 5.41) is 14.5.